The molecule has 1 unspecified atom stereocenters. The lowest BCUT2D eigenvalue weighted by Gasteiger charge is -2.33. The summed E-state index contributed by atoms with van der Waals surface area (Å²) >= 11 is 9.48. The predicted octanol–water partition coefficient (Wildman–Crippen LogP) is 5.42. The van der Waals surface area contributed by atoms with E-state index in [-0.39, 0.29) is 18.9 Å². The molecule has 2 amide bonds. The summed E-state index contributed by atoms with van der Waals surface area (Å²) in [5.41, 5.74) is 1.98. The molecule has 0 aromatic heterocycles. The Morgan fingerprint density at radius 1 is 0.949 bits per heavy atom. The summed E-state index contributed by atoms with van der Waals surface area (Å²) in [7, 11) is -3.83. The molecule has 0 saturated heterocycles. The molecule has 7 nitrogen and oxygen atoms in total. The maximum atomic E-state index is 14.0. The summed E-state index contributed by atoms with van der Waals surface area (Å²) in [4.78, 5) is 29.0. The maximum Gasteiger partial charge on any atom is 0.244 e. The Kier molecular flexibility index (Phi) is 11.4. The van der Waals surface area contributed by atoms with E-state index in [1.54, 1.807) is 48.5 Å². The molecule has 0 spiro atoms. The van der Waals surface area contributed by atoms with Crippen molar-refractivity contribution in [2.24, 2.45) is 0 Å². The van der Waals surface area contributed by atoms with E-state index in [0.717, 1.165) is 34.5 Å². The first-order valence-electron chi connectivity index (χ1n) is 12.7. The molecule has 0 heterocycles. The fourth-order valence-corrected chi connectivity index (χ4v) is 5.70. The van der Waals surface area contributed by atoms with Gasteiger partial charge in [0.25, 0.3) is 0 Å². The number of amides is 2. The number of benzene rings is 3. The molecule has 1 atom stereocenters. The van der Waals surface area contributed by atoms with Gasteiger partial charge in [0.2, 0.25) is 21.8 Å². The van der Waals surface area contributed by atoms with Gasteiger partial charge in [0.15, 0.2) is 0 Å². The van der Waals surface area contributed by atoms with Gasteiger partial charge in [-0.15, -0.1) is 0 Å². The SMILES string of the molecule is CCCCNC(=O)C(Cc1ccccc1)N(Cc1ccc(Cl)cc1)C(=O)CN(c1ccccc1Br)S(C)(=O)=O. The highest BCUT2D eigenvalue weighted by molar-refractivity contribution is 9.10. The average Bonchev–Trinajstić information content (AvgIpc) is 2.91. The number of carbonyl (C=O) groups is 2. The Hall–Kier alpha value is -2.88. The van der Waals surface area contributed by atoms with Gasteiger partial charge in [0, 0.05) is 29.0 Å². The maximum absolute atomic E-state index is 14.0. The minimum atomic E-state index is -3.83. The van der Waals surface area contributed by atoms with Gasteiger partial charge in [-0.05, 0) is 57.7 Å². The third-order valence-corrected chi connectivity index (χ3v) is 8.22. The normalized spacial score (nSPS) is 12.0. The Bertz CT molecular complexity index is 1350. The van der Waals surface area contributed by atoms with Crippen molar-refractivity contribution in [1.29, 1.82) is 0 Å². The van der Waals surface area contributed by atoms with E-state index >= 15 is 0 Å². The van der Waals surface area contributed by atoms with Gasteiger partial charge >= 0.3 is 0 Å². The molecule has 208 valence electrons. The summed E-state index contributed by atoms with van der Waals surface area (Å²) in [6.07, 6.45) is 3.04. The molecule has 10 heteroatoms. The van der Waals surface area contributed by atoms with Gasteiger partial charge in [0.05, 0.1) is 11.9 Å². The zero-order valence-corrected chi connectivity index (χ0v) is 25.2. The molecule has 3 rings (SSSR count). The molecule has 3 aromatic rings. The largest absolute Gasteiger partial charge is 0.354 e. The minimum absolute atomic E-state index is 0.0995. The summed E-state index contributed by atoms with van der Waals surface area (Å²) in [5.74, 6) is -0.792. The van der Waals surface area contributed by atoms with Crippen LogP contribution in [-0.2, 0) is 32.6 Å². The zero-order chi connectivity index (χ0) is 28.4. The van der Waals surface area contributed by atoms with E-state index in [9.17, 15) is 18.0 Å². The zero-order valence-electron chi connectivity index (χ0n) is 22.0. The van der Waals surface area contributed by atoms with Gasteiger partial charge in [-0.3, -0.25) is 13.9 Å². The van der Waals surface area contributed by atoms with Crippen LogP contribution in [0.1, 0.15) is 30.9 Å². The number of carbonyl (C=O) groups excluding carboxylic acids is 2. The molecule has 0 fully saturated rings. The van der Waals surface area contributed by atoms with Crippen LogP contribution in [0, 0.1) is 0 Å². The lowest BCUT2D eigenvalue weighted by molar-refractivity contribution is -0.140. The van der Waals surface area contributed by atoms with Gasteiger partial charge in [-0.2, -0.15) is 0 Å². The van der Waals surface area contributed by atoms with E-state index in [1.165, 1.54) is 4.90 Å². The molecule has 0 aliphatic heterocycles. The number of sulfonamides is 1. The fourth-order valence-electron chi connectivity index (χ4n) is 4.10. The molecule has 1 N–H and O–H groups in total. The number of nitrogens with zero attached hydrogens (tertiary/aromatic N) is 2. The number of hydrogen-bond acceptors (Lipinski definition) is 4. The van der Waals surface area contributed by atoms with Crippen LogP contribution < -0.4 is 9.62 Å². The van der Waals surface area contributed by atoms with Gasteiger partial charge < -0.3 is 10.2 Å². The second-order valence-corrected chi connectivity index (χ2v) is 12.4. The first-order valence-corrected chi connectivity index (χ1v) is 15.7. The third kappa shape index (κ3) is 9.08. The van der Waals surface area contributed by atoms with Crippen molar-refractivity contribution in [3.8, 4) is 0 Å². The number of unbranched alkanes of at least 4 members (excludes halogenated alkanes) is 1. The molecule has 0 aliphatic rings. The standard InChI is InChI=1S/C29H33BrClN3O4S/c1-3-4-18-32-29(36)27(19-22-10-6-5-7-11-22)33(20-23-14-16-24(31)17-15-23)28(35)21-34(39(2,37)38)26-13-9-8-12-25(26)30/h5-17,27H,3-4,18-21H2,1-2H3,(H,32,36). The topological polar surface area (TPSA) is 86.8 Å². The average molecular weight is 635 g/mol. The van der Waals surface area contributed by atoms with E-state index in [1.807, 2.05) is 37.3 Å². The van der Waals surface area contributed by atoms with E-state index in [4.69, 9.17) is 11.6 Å². The monoisotopic (exact) mass is 633 g/mol. The molecule has 39 heavy (non-hydrogen) atoms. The molecule has 0 aliphatic carbocycles. The van der Waals surface area contributed by atoms with Gasteiger partial charge in [0.1, 0.15) is 12.6 Å². The number of hydrogen-bond donors (Lipinski definition) is 1. The van der Waals surface area contributed by atoms with E-state index < -0.39 is 28.5 Å². The highest BCUT2D eigenvalue weighted by atomic mass is 79.9. The molecular formula is C29H33BrClN3O4S. The summed E-state index contributed by atoms with van der Waals surface area (Å²) < 4.78 is 27.3. The van der Waals surface area contributed by atoms with Crippen LogP contribution in [0.15, 0.2) is 83.3 Å². The number of nitrogens with one attached hydrogen (secondary N) is 1. The smallest absolute Gasteiger partial charge is 0.244 e. The van der Waals surface area contributed by atoms with Crippen LogP contribution in [0.2, 0.25) is 5.02 Å². The van der Waals surface area contributed by atoms with Crippen LogP contribution in [0.5, 0.6) is 0 Å². The van der Waals surface area contributed by atoms with Crippen molar-refractivity contribution < 1.29 is 18.0 Å². The lowest BCUT2D eigenvalue weighted by Crippen LogP contribution is -2.53. The van der Waals surface area contributed by atoms with Crippen molar-refractivity contribution in [3.63, 3.8) is 0 Å². The summed E-state index contributed by atoms with van der Waals surface area (Å²) in [6.45, 7) is 2.15. The predicted molar refractivity (Wildman–Crippen MR) is 160 cm³/mol. The van der Waals surface area contributed by atoms with Crippen molar-refractivity contribution >= 4 is 55.1 Å². The van der Waals surface area contributed by atoms with Crippen LogP contribution in [-0.4, -0.2) is 50.5 Å². The first kappa shape index (κ1) is 30.7. The number of halogens is 2. The number of para-hydroxylation sites is 1. The quantitative estimate of drug-likeness (QED) is 0.254. The van der Waals surface area contributed by atoms with E-state index in [2.05, 4.69) is 21.2 Å². The molecule has 3 aromatic carbocycles. The second kappa shape index (κ2) is 14.5. The van der Waals surface area contributed by atoms with Gasteiger partial charge in [-0.25, -0.2) is 8.42 Å². The number of anilines is 1. The van der Waals surface area contributed by atoms with Crippen molar-refractivity contribution in [1.82, 2.24) is 10.2 Å². The van der Waals surface area contributed by atoms with Crippen molar-refractivity contribution in [2.45, 2.75) is 38.8 Å². The summed E-state index contributed by atoms with van der Waals surface area (Å²) in [5, 5.41) is 3.51. The molecule has 0 bridgehead atoms. The third-order valence-electron chi connectivity index (χ3n) is 6.17. The molecule has 0 saturated carbocycles. The van der Waals surface area contributed by atoms with Crippen molar-refractivity contribution in [2.75, 3.05) is 23.7 Å². The Morgan fingerprint density at radius 3 is 2.21 bits per heavy atom. The van der Waals surface area contributed by atoms with Gasteiger partial charge in [-0.1, -0.05) is 79.5 Å². The molecular weight excluding hydrogens is 602 g/mol. The lowest BCUT2D eigenvalue weighted by atomic mass is 10.0. The van der Waals surface area contributed by atoms with Crippen LogP contribution in [0.25, 0.3) is 0 Å². The second-order valence-electron chi connectivity index (χ2n) is 9.22. The highest BCUT2D eigenvalue weighted by Crippen LogP contribution is 2.28. The van der Waals surface area contributed by atoms with E-state index in [0.29, 0.717) is 21.7 Å². The van der Waals surface area contributed by atoms with Crippen LogP contribution in [0.3, 0.4) is 0 Å². The Labute approximate surface area is 244 Å². The van der Waals surface area contributed by atoms with Crippen LogP contribution >= 0.6 is 27.5 Å². The summed E-state index contributed by atoms with van der Waals surface area (Å²) in [6, 6.07) is 22.4. The highest BCUT2D eigenvalue weighted by Gasteiger charge is 2.33. The Morgan fingerprint density at radius 2 is 1.59 bits per heavy atom. The number of rotatable bonds is 13. The van der Waals surface area contributed by atoms with Crippen LogP contribution in [0.4, 0.5) is 5.69 Å². The minimum Gasteiger partial charge on any atom is -0.354 e. The Balaban J connectivity index is 2.03. The molecule has 0 radical (unpaired) electrons. The van der Waals surface area contributed by atoms with Crippen molar-refractivity contribution in [3.05, 3.63) is 99.5 Å². The fraction of sp³-hybridized carbons (Fsp3) is 0.310. The first-order chi connectivity index (χ1) is 18.6.